The SMILES string of the molecule is C[C@H](Oc1ccc2ccccc2c1)C(=O)NNC(=O)CNC(=O)c1ccc(F)cc1. The number of rotatable bonds is 6. The summed E-state index contributed by atoms with van der Waals surface area (Å²) in [6, 6.07) is 18.1. The van der Waals surface area contributed by atoms with Gasteiger partial charge in [0, 0.05) is 5.56 Å². The third kappa shape index (κ3) is 5.54. The van der Waals surface area contributed by atoms with E-state index in [4.69, 9.17) is 4.74 Å². The van der Waals surface area contributed by atoms with Crippen molar-refractivity contribution in [3.05, 3.63) is 78.1 Å². The first-order valence-corrected chi connectivity index (χ1v) is 9.20. The van der Waals surface area contributed by atoms with Gasteiger partial charge in [-0.15, -0.1) is 0 Å². The van der Waals surface area contributed by atoms with Crippen molar-refractivity contribution in [1.29, 1.82) is 0 Å². The molecule has 0 aliphatic carbocycles. The van der Waals surface area contributed by atoms with Gasteiger partial charge in [0.15, 0.2) is 6.10 Å². The molecule has 3 N–H and O–H groups in total. The normalized spacial score (nSPS) is 11.4. The van der Waals surface area contributed by atoms with Crippen molar-refractivity contribution >= 4 is 28.5 Å². The second-order valence-corrected chi connectivity index (χ2v) is 6.50. The largest absolute Gasteiger partial charge is 0.481 e. The number of carbonyl (C=O) groups excluding carboxylic acids is 3. The van der Waals surface area contributed by atoms with Gasteiger partial charge in [0.25, 0.3) is 17.7 Å². The summed E-state index contributed by atoms with van der Waals surface area (Å²) in [6.07, 6.45) is -0.861. The van der Waals surface area contributed by atoms with E-state index in [0.717, 1.165) is 22.9 Å². The third-order valence-electron chi connectivity index (χ3n) is 4.24. The maximum absolute atomic E-state index is 12.9. The number of fused-ring (bicyclic) bond motifs is 1. The quantitative estimate of drug-likeness (QED) is 0.545. The monoisotopic (exact) mass is 409 g/mol. The number of nitrogens with one attached hydrogen (secondary N) is 3. The van der Waals surface area contributed by atoms with Gasteiger partial charge in [0.2, 0.25) is 0 Å². The fourth-order valence-corrected chi connectivity index (χ4v) is 2.64. The zero-order chi connectivity index (χ0) is 21.5. The van der Waals surface area contributed by atoms with Gasteiger partial charge < -0.3 is 10.1 Å². The van der Waals surface area contributed by atoms with Crippen LogP contribution in [0.2, 0.25) is 0 Å². The number of halogens is 1. The zero-order valence-corrected chi connectivity index (χ0v) is 16.1. The van der Waals surface area contributed by atoms with Crippen molar-refractivity contribution in [2.75, 3.05) is 6.54 Å². The Morgan fingerprint density at radius 1 is 0.933 bits per heavy atom. The summed E-state index contributed by atoms with van der Waals surface area (Å²) < 4.78 is 18.5. The molecule has 0 fully saturated rings. The predicted octanol–water partition coefficient (Wildman–Crippen LogP) is 2.32. The Hall–Kier alpha value is -3.94. The second kappa shape index (κ2) is 9.51. The van der Waals surface area contributed by atoms with E-state index in [1.807, 2.05) is 36.4 Å². The molecule has 1 atom stereocenters. The van der Waals surface area contributed by atoms with Crippen LogP contribution in [0.25, 0.3) is 10.8 Å². The van der Waals surface area contributed by atoms with E-state index in [1.165, 1.54) is 12.1 Å². The molecule has 0 radical (unpaired) electrons. The highest BCUT2D eigenvalue weighted by molar-refractivity contribution is 5.96. The first-order chi connectivity index (χ1) is 14.4. The molecule has 0 saturated carbocycles. The Morgan fingerprint density at radius 3 is 2.37 bits per heavy atom. The Morgan fingerprint density at radius 2 is 1.63 bits per heavy atom. The van der Waals surface area contributed by atoms with Crippen LogP contribution in [-0.2, 0) is 9.59 Å². The van der Waals surface area contributed by atoms with Crippen LogP contribution in [0.15, 0.2) is 66.7 Å². The number of hydrogen-bond donors (Lipinski definition) is 3. The number of amides is 3. The number of carbonyl (C=O) groups is 3. The fourth-order valence-electron chi connectivity index (χ4n) is 2.64. The maximum atomic E-state index is 12.9. The first-order valence-electron chi connectivity index (χ1n) is 9.20. The van der Waals surface area contributed by atoms with Crippen LogP contribution >= 0.6 is 0 Å². The van der Waals surface area contributed by atoms with Crippen LogP contribution in [0.3, 0.4) is 0 Å². The minimum absolute atomic E-state index is 0.214. The second-order valence-electron chi connectivity index (χ2n) is 6.50. The van der Waals surface area contributed by atoms with Crippen molar-refractivity contribution in [2.24, 2.45) is 0 Å². The van der Waals surface area contributed by atoms with Gasteiger partial charge in [-0.1, -0.05) is 30.3 Å². The maximum Gasteiger partial charge on any atom is 0.279 e. The van der Waals surface area contributed by atoms with Crippen molar-refractivity contribution in [2.45, 2.75) is 13.0 Å². The minimum atomic E-state index is -0.861. The van der Waals surface area contributed by atoms with E-state index < -0.39 is 29.6 Å². The van der Waals surface area contributed by atoms with Crippen LogP contribution < -0.4 is 20.9 Å². The van der Waals surface area contributed by atoms with Gasteiger partial charge in [0.1, 0.15) is 11.6 Å². The summed E-state index contributed by atoms with van der Waals surface area (Å²) in [7, 11) is 0. The number of ether oxygens (including phenoxy) is 1. The third-order valence-corrected chi connectivity index (χ3v) is 4.24. The van der Waals surface area contributed by atoms with Crippen molar-refractivity contribution < 1.29 is 23.5 Å². The molecule has 0 heterocycles. The number of benzene rings is 3. The molecule has 7 nitrogen and oxygen atoms in total. The lowest BCUT2D eigenvalue weighted by Gasteiger charge is -2.15. The van der Waals surface area contributed by atoms with Gasteiger partial charge in [0.05, 0.1) is 6.54 Å². The minimum Gasteiger partial charge on any atom is -0.481 e. The molecule has 0 aliphatic heterocycles. The van der Waals surface area contributed by atoms with Crippen molar-refractivity contribution in [1.82, 2.24) is 16.2 Å². The van der Waals surface area contributed by atoms with Gasteiger partial charge in [-0.2, -0.15) is 0 Å². The lowest BCUT2D eigenvalue weighted by atomic mass is 10.1. The van der Waals surface area contributed by atoms with Gasteiger partial charge in [-0.25, -0.2) is 4.39 Å². The molecule has 0 saturated heterocycles. The molecular weight excluding hydrogens is 389 g/mol. The average molecular weight is 409 g/mol. The first kappa shape index (κ1) is 20.8. The summed E-state index contributed by atoms with van der Waals surface area (Å²) in [6.45, 7) is 1.18. The van der Waals surface area contributed by atoms with Crippen molar-refractivity contribution in [3.63, 3.8) is 0 Å². The van der Waals surface area contributed by atoms with Crippen LogP contribution in [0.1, 0.15) is 17.3 Å². The van der Waals surface area contributed by atoms with Crippen molar-refractivity contribution in [3.8, 4) is 5.75 Å². The molecule has 0 bridgehead atoms. The lowest BCUT2D eigenvalue weighted by Crippen LogP contribution is -2.50. The van der Waals surface area contributed by atoms with E-state index in [2.05, 4.69) is 16.2 Å². The molecule has 3 rings (SSSR count). The summed E-state index contributed by atoms with van der Waals surface area (Å²) >= 11 is 0. The van der Waals surface area contributed by atoms with E-state index in [0.29, 0.717) is 5.75 Å². The molecular formula is C22H20FN3O4. The molecule has 30 heavy (non-hydrogen) atoms. The fraction of sp³-hybridized carbons (Fsp3) is 0.136. The van der Waals surface area contributed by atoms with Gasteiger partial charge in [-0.05, 0) is 54.1 Å². The Labute approximate surface area is 172 Å². The smallest absolute Gasteiger partial charge is 0.279 e. The molecule has 0 spiro atoms. The summed E-state index contributed by atoms with van der Waals surface area (Å²) in [5, 5.41) is 4.40. The van der Waals surface area contributed by atoms with E-state index in [1.54, 1.807) is 13.0 Å². The van der Waals surface area contributed by atoms with Gasteiger partial charge in [-0.3, -0.25) is 25.2 Å². The van der Waals surface area contributed by atoms with Crippen LogP contribution in [0, 0.1) is 5.82 Å². The van der Waals surface area contributed by atoms with E-state index in [-0.39, 0.29) is 12.1 Å². The Kier molecular flexibility index (Phi) is 6.59. The lowest BCUT2D eigenvalue weighted by molar-refractivity contribution is -0.132. The Balaban J connectivity index is 1.43. The highest BCUT2D eigenvalue weighted by Gasteiger charge is 2.16. The Bertz CT molecular complexity index is 1070. The van der Waals surface area contributed by atoms with E-state index >= 15 is 0 Å². The molecule has 3 amide bonds. The predicted molar refractivity (Wildman–Crippen MR) is 109 cm³/mol. The zero-order valence-electron chi connectivity index (χ0n) is 16.1. The van der Waals surface area contributed by atoms with E-state index in [9.17, 15) is 18.8 Å². The average Bonchev–Trinajstić information content (AvgIpc) is 2.76. The van der Waals surface area contributed by atoms with Crippen LogP contribution in [0.5, 0.6) is 5.75 Å². The summed E-state index contributed by atoms with van der Waals surface area (Å²) in [5.41, 5.74) is 4.66. The molecule has 154 valence electrons. The molecule has 8 heteroatoms. The molecule has 0 aliphatic rings. The topological polar surface area (TPSA) is 96.5 Å². The number of hydrazine groups is 1. The van der Waals surface area contributed by atoms with Crippen LogP contribution in [0.4, 0.5) is 4.39 Å². The summed E-state index contributed by atoms with van der Waals surface area (Å²) in [4.78, 5) is 35.8. The van der Waals surface area contributed by atoms with Crippen LogP contribution in [-0.4, -0.2) is 30.4 Å². The van der Waals surface area contributed by atoms with Gasteiger partial charge >= 0.3 is 0 Å². The molecule has 3 aromatic carbocycles. The molecule has 0 aromatic heterocycles. The highest BCUT2D eigenvalue weighted by Crippen LogP contribution is 2.21. The summed E-state index contributed by atoms with van der Waals surface area (Å²) in [5.74, 6) is -1.66. The molecule has 0 unspecified atom stereocenters. The standard InChI is InChI=1S/C22H20FN3O4/c1-14(30-19-11-8-15-4-2-3-5-17(15)12-19)21(28)26-25-20(27)13-24-22(29)16-6-9-18(23)10-7-16/h2-12,14H,13H2,1H3,(H,24,29)(H,25,27)(H,26,28)/t14-/m0/s1. The molecule has 3 aromatic rings. The highest BCUT2D eigenvalue weighted by atomic mass is 19.1. The number of hydrogen-bond acceptors (Lipinski definition) is 4.